The minimum Gasteiger partial charge on any atom is -0.477 e. The molecule has 34 nitrogen and oxygen atoms in total. The number of carbonyl (C=O) groups excluding carboxylic acids is 5. The Hall–Kier alpha value is -7.33. The molecule has 0 unspecified atom stereocenters. The number of nitrogens with zero attached hydrogens (tertiary/aromatic N) is 3. The number of aliphatic hydroxyl groups is 4. The summed E-state index contributed by atoms with van der Waals surface area (Å²) in [4.78, 5) is 98.5. The van der Waals surface area contributed by atoms with Crippen LogP contribution in [-0.4, -0.2) is 267 Å². The van der Waals surface area contributed by atoms with E-state index in [1.54, 1.807) is 4.90 Å². The summed E-state index contributed by atoms with van der Waals surface area (Å²) in [5.74, 6) is -4.44. The van der Waals surface area contributed by atoms with Crippen LogP contribution in [0.25, 0.3) is 0 Å². The molecule has 0 aromatic rings. The van der Waals surface area contributed by atoms with Crippen molar-refractivity contribution in [2.45, 2.75) is 157 Å². The van der Waals surface area contributed by atoms with Crippen molar-refractivity contribution in [1.82, 2.24) is 26.2 Å². The fourth-order valence-electron chi connectivity index (χ4n) is 10.1. The SMILES string of the molecule is C#CCOCCOCCOCCOCCC(=O)N(CCOC1CCC(NC(=O)O[C@@H]([C@@H]2OC(C(=O)O)=C[C@H](N=C(N)N)[C@H]2NC(C)=O)[C@H](O)CO)CC1)CCOC1CCC(NC(=O)O[C@@H]([C@@H]2OC(C(=O)O)=C[C@H](N=C(N)N)[C@H]2NC(C)=O)[C@H](O)CO)CC1. The smallest absolute Gasteiger partial charge is 0.407 e. The van der Waals surface area contributed by atoms with Gasteiger partial charge in [0.05, 0.1) is 115 Å². The molecule has 10 atom stereocenters. The predicted molar refractivity (Wildman–Crippen MR) is 306 cm³/mol. The molecule has 2 aliphatic heterocycles. The molecule has 0 aromatic carbocycles. The lowest BCUT2D eigenvalue weighted by Gasteiger charge is -2.40. The molecule has 5 amide bonds. The summed E-state index contributed by atoms with van der Waals surface area (Å²) in [6.45, 7) is 3.29. The van der Waals surface area contributed by atoms with Crippen molar-refractivity contribution < 1.29 is 112 Å². The average molecular weight is 1260 g/mol. The number of aliphatic imine (C=N–C) groups is 2. The van der Waals surface area contributed by atoms with Gasteiger partial charge in [-0.2, -0.15) is 0 Å². The highest BCUT2D eigenvalue weighted by Gasteiger charge is 2.48. The molecule has 0 aromatic heterocycles. The molecule has 0 spiro atoms. The highest BCUT2D eigenvalue weighted by atomic mass is 16.6. The number of aliphatic hydroxyl groups excluding tert-OH is 4. The summed E-state index contributed by atoms with van der Waals surface area (Å²) < 4.78 is 56.6. The average Bonchev–Trinajstić information content (AvgIpc) is 1.06. The summed E-state index contributed by atoms with van der Waals surface area (Å²) in [7, 11) is 0. The Kier molecular flexibility index (Phi) is 32.3. The molecular weight excluding hydrogens is 1170 g/mol. The third-order valence-corrected chi connectivity index (χ3v) is 14.2. The van der Waals surface area contributed by atoms with Gasteiger partial charge >= 0.3 is 24.1 Å². The van der Waals surface area contributed by atoms with Crippen molar-refractivity contribution in [2.75, 3.05) is 92.4 Å². The number of hydrogen-bond acceptors (Lipinski definition) is 23. The van der Waals surface area contributed by atoms with Crippen molar-refractivity contribution >= 4 is 53.8 Å². The molecule has 34 heteroatoms. The molecule has 496 valence electrons. The zero-order valence-electron chi connectivity index (χ0n) is 49.4. The summed E-state index contributed by atoms with van der Waals surface area (Å²) in [5.41, 5.74) is 22.3. The number of alkyl carbamates (subject to hydrolysis) is 2. The second-order valence-corrected chi connectivity index (χ2v) is 20.8. The molecular formula is C54H87N11O23. The van der Waals surface area contributed by atoms with E-state index in [0.29, 0.717) is 77.8 Å². The Morgan fingerprint density at radius 2 is 0.977 bits per heavy atom. The lowest BCUT2D eigenvalue weighted by atomic mass is 9.92. The van der Waals surface area contributed by atoms with Gasteiger partial charge in [0.15, 0.2) is 36.3 Å². The number of nitrogens with two attached hydrogens (primary N) is 4. The van der Waals surface area contributed by atoms with E-state index in [2.05, 4.69) is 37.2 Å². The fraction of sp³-hybridized carbons (Fsp3) is 0.722. The Bertz CT molecular complexity index is 2270. The largest absolute Gasteiger partial charge is 0.477 e. The van der Waals surface area contributed by atoms with Crippen LogP contribution in [0.2, 0.25) is 0 Å². The van der Waals surface area contributed by atoms with Gasteiger partial charge in [-0.3, -0.25) is 14.4 Å². The van der Waals surface area contributed by atoms with Crippen molar-refractivity contribution in [3.8, 4) is 12.3 Å². The van der Waals surface area contributed by atoms with Gasteiger partial charge in [0.25, 0.3) is 0 Å². The van der Waals surface area contributed by atoms with Crippen molar-refractivity contribution in [1.29, 1.82) is 0 Å². The molecule has 4 aliphatic rings. The van der Waals surface area contributed by atoms with Crippen LogP contribution in [0.1, 0.15) is 71.6 Å². The zero-order chi connectivity index (χ0) is 64.7. The van der Waals surface area contributed by atoms with E-state index >= 15 is 0 Å². The van der Waals surface area contributed by atoms with Crippen LogP contribution in [-0.2, 0) is 71.3 Å². The Balaban J connectivity index is 1.30. The standard InChI is InChI=1S/C54H87N11O23/c1-4-16-79-20-22-81-24-25-82-23-21-80-17-13-42(72)65(14-18-83-34-9-5-32(6-10-34)61-53(77)87-45(38(70)28-66)47-43(59-30(2)68)36(63-51(55)56)26-40(85-47)49(73)74)15-19-84-35-11-7-33(8-12-35)62-54(78)88-46(39(71)29-67)48-44(60-31(3)69)37(64-52(57)58)27-41(86-48)50(75)76/h1,26-27,32-39,43-48,66-67,70-71H,5-25,28-29H2,2-3H3,(H,59,68)(H,60,69)(H,61,77)(H,62,78)(H,73,74)(H,75,76)(H4,55,56,63)(H4,57,58,64)/t32?,33?,34?,35?,36-,37-,38+,39+,43+,44+,45+,46+,47+,48+/m0/s1. The fourth-order valence-corrected chi connectivity index (χ4v) is 10.1. The van der Waals surface area contributed by atoms with Crippen LogP contribution in [0.15, 0.2) is 33.7 Å². The Morgan fingerprint density at radius 3 is 1.32 bits per heavy atom. The molecule has 2 heterocycles. The Labute approximate surface area is 508 Å². The number of carbonyl (C=O) groups is 7. The number of ether oxygens (including phenoxy) is 10. The molecule has 0 bridgehead atoms. The van der Waals surface area contributed by atoms with Crippen LogP contribution in [0, 0.1) is 12.3 Å². The summed E-state index contributed by atoms with van der Waals surface area (Å²) in [6.07, 6.45) is -1.98. The van der Waals surface area contributed by atoms with E-state index in [-0.39, 0.29) is 77.3 Å². The van der Waals surface area contributed by atoms with Crippen molar-refractivity contribution in [3.63, 3.8) is 0 Å². The van der Waals surface area contributed by atoms with Gasteiger partial charge in [-0.05, 0) is 63.5 Å². The first-order valence-corrected chi connectivity index (χ1v) is 28.8. The van der Waals surface area contributed by atoms with Crippen molar-refractivity contribution in [3.05, 3.63) is 23.7 Å². The number of terminal acetylenes is 1. The Morgan fingerprint density at radius 1 is 0.602 bits per heavy atom. The van der Waals surface area contributed by atoms with E-state index in [1.807, 2.05) is 0 Å². The number of rotatable bonds is 37. The molecule has 0 saturated heterocycles. The van der Waals surface area contributed by atoms with E-state index in [9.17, 15) is 64.2 Å². The van der Waals surface area contributed by atoms with E-state index in [4.69, 9.17) is 76.7 Å². The van der Waals surface area contributed by atoms with Crippen LogP contribution in [0.5, 0.6) is 0 Å². The van der Waals surface area contributed by atoms with E-state index < -0.39 is 145 Å². The molecule has 18 N–H and O–H groups in total. The zero-order valence-corrected chi connectivity index (χ0v) is 49.4. The highest BCUT2D eigenvalue weighted by molar-refractivity contribution is 5.86. The summed E-state index contributed by atoms with van der Waals surface area (Å²) in [5, 5.41) is 71.6. The third-order valence-electron chi connectivity index (χ3n) is 14.2. The first-order chi connectivity index (χ1) is 42.0. The minimum absolute atomic E-state index is 0.0387. The predicted octanol–water partition coefficient (Wildman–Crippen LogP) is -4.52. The van der Waals surface area contributed by atoms with Gasteiger partial charge in [0, 0.05) is 39.0 Å². The molecule has 0 radical (unpaired) electrons. The summed E-state index contributed by atoms with van der Waals surface area (Å²) in [6, 6.07) is -5.88. The quantitative estimate of drug-likeness (QED) is 0.0121. The first-order valence-electron chi connectivity index (χ1n) is 28.8. The number of aliphatic carboxylic acids is 2. The van der Waals surface area contributed by atoms with E-state index in [0.717, 1.165) is 26.0 Å². The first kappa shape index (κ1) is 73.1. The van der Waals surface area contributed by atoms with Crippen LogP contribution in [0.4, 0.5) is 9.59 Å². The monoisotopic (exact) mass is 1260 g/mol. The number of carboxylic acid groups (broad SMARTS) is 2. The molecule has 2 fully saturated rings. The number of nitrogens with one attached hydrogen (secondary N) is 4. The topological polar surface area (TPSA) is 513 Å². The maximum atomic E-state index is 13.7. The van der Waals surface area contributed by atoms with Gasteiger partial charge in [0.2, 0.25) is 29.2 Å². The van der Waals surface area contributed by atoms with Gasteiger partial charge < -0.3 is 127 Å². The van der Waals surface area contributed by atoms with Crippen molar-refractivity contribution in [2.24, 2.45) is 32.9 Å². The van der Waals surface area contributed by atoms with Crippen LogP contribution in [0.3, 0.4) is 0 Å². The second kappa shape index (κ2) is 38.8. The normalized spacial score (nSPS) is 24.6. The van der Waals surface area contributed by atoms with Gasteiger partial charge in [-0.25, -0.2) is 29.2 Å². The molecule has 2 aliphatic carbocycles. The lowest BCUT2D eigenvalue weighted by molar-refractivity contribution is -0.147. The molecule has 4 rings (SSSR count). The van der Waals surface area contributed by atoms with Gasteiger partial charge in [0.1, 0.15) is 18.8 Å². The minimum atomic E-state index is -1.81. The number of hydrogen-bond donors (Lipinski definition) is 14. The molecule has 2 saturated carbocycles. The third kappa shape index (κ3) is 25.8. The second-order valence-electron chi connectivity index (χ2n) is 20.8. The lowest BCUT2D eigenvalue weighted by Crippen LogP contribution is -2.61. The number of carboxylic acids is 2. The maximum absolute atomic E-state index is 13.7. The van der Waals surface area contributed by atoms with Gasteiger partial charge in [-0.15, -0.1) is 6.42 Å². The van der Waals surface area contributed by atoms with Crippen LogP contribution < -0.4 is 44.2 Å². The highest BCUT2D eigenvalue weighted by Crippen LogP contribution is 2.30. The maximum Gasteiger partial charge on any atom is 0.407 e. The van der Waals surface area contributed by atoms with E-state index in [1.165, 1.54) is 0 Å². The number of amides is 5. The number of guanidine groups is 2. The van der Waals surface area contributed by atoms with Crippen LogP contribution >= 0.6 is 0 Å². The van der Waals surface area contributed by atoms with Gasteiger partial charge in [-0.1, -0.05) is 5.92 Å². The summed E-state index contributed by atoms with van der Waals surface area (Å²) >= 11 is 0. The molecule has 88 heavy (non-hydrogen) atoms.